The number of piperazine rings is 1. The highest BCUT2D eigenvalue weighted by atomic mass is 16.2. The number of hydrogen-bond acceptors (Lipinski definition) is 4. The molecule has 1 fully saturated rings. The molecule has 0 spiro atoms. The molecule has 1 saturated heterocycles. The Kier molecular flexibility index (Phi) is 3.68. The highest BCUT2D eigenvalue weighted by Gasteiger charge is 2.22. The van der Waals surface area contributed by atoms with E-state index in [2.05, 4.69) is 15.1 Å². The Labute approximate surface area is 122 Å². The lowest BCUT2D eigenvalue weighted by molar-refractivity contribution is 0.0746. The average Bonchev–Trinajstić information content (AvgIpc) is 2.56. The third kappa shape index (κ3) is 2.94. The van der Waals surface area contributed by atoms with Gasteiger partial charge in [-0.2, -0.15) is 5.10 Å². The van der Waals surface area contributed by atoms with Crippen LogP contribution in [0.2, 0.25) is 0 Å². The number of aromatic amines is 1. The summed E-state index contributed by atoms with van der Waals surface area (Å²) in [4.78, 5) is 27.3. The normalized spacial score (nSPS) is 15.0. The zero-order valence-electron chi connectivity index (χ0n) is 11.5. The number of nitrogens with one attached hydrogen (secondary N) is 1. The summed E-state index contributed by atoms with van der Waals surface area (Å²) >= 11 is 0. The lowest BCUT2D eigenvalue weighted by Gasteiger charge is -2.35. The summed E-state index contributed by atoms with van der Waals surface area (Å²) in [6, 6.07) is 12.5. The monoisotopic (exact) mass is 284 g/mol. The van der Waals surface area contributed by atoms with Gasteiger partial charge in [0, 0.05) is 37.8 Å². The van der Waals surface area contributed by atoms with Crippen LogP contribution in [0.3, 0.4) is 0 Å². The summed E-state index contributed by atoms with van der Waals surface area (Å²) in [5.74, 6) is 0.797. The summed E-state index contributed by atoms with van der Waals surface area (Å²) in [7, 11) is 0. The molecule has 6 nitrogen and oxygen atoms in total. The van der Waals surface area contributed by atoms with Gasteiger partial charge in [0.2, 0.25) is 0 Å². The van der Waals surface area contributed by atoms with Crippen molar-refractivity contribution in [2.75, 3.05) is 31.1 Å². The molecule has 108 valence electrons. The first kappa shape index (κ1) is 13.4. The number of carbonyl (C=O) groups is 1. The lowest BCUT2D eigenvalue weighted by Crippen LogP contribution is -2.49. The summed E-state index contributed by atoms with van der Waals surface area (Å²) in [5, 5.41) is 6.44. The summed E-state index contributed by atoms with van der Waals surface area (Å²) in [6.07, 6.45) is 0. The van der Waals surface area contributed by atoms with E-state index in [4.69, 9.17) is 0 Å². The molecule has 0 aliphatic carbocycles. The van der Waals surface area contributed by atoms with Crippen LogP contribution in [0, 0.1) is 0 Å². The van der Waals surface area contributed by atoms with Gasteiger partial charge in [-0.1, -0.05) is 18.2 Å². The number of aromatic nitrogens is 2. The van der Waals surface area contributed by atoms with Gasteiger partial charge in [-0.3, -0.25) is 9.59 Å². The molecule has 2 aromatic rings. The van der Waals surface area contributed by atoms with E-state index in [0.717, 1.165) is 5.82 Å². The van der Waals surface area contributed by atoms with Crippen molar-refractivity contribution in [1.29, 1.82) is 0 Å². The van der Waals surface area contributed by atoms with Crippen molar-refractivity contribution in [1.82, 2.24) is 15.1 Å². The van der Waals surface area contributed by atoms with Crippen LogP contribution < -0.4 is 10.5 Å². The van der Waals surface area contributed by atoms with E-state index in [9.17, 15) is 9.59 Å². The molecule has 0 radical (unpaired) electrons. The number of benzene rings is 1. The van der Waals surface area contributed by atoms with E-state index in [1.54, 1.807) is 6.07 Å². The van der Waals surface area contributed by atoms with Crippen LogP contribution in [0.1, 0.15) is 10.4 Å². The Morgan fingerprint density at radius 2 is 1.71 bits per heavy atom. The summed E-state index contributed by atoms with van der Waals surface area (Å²) in [5.41, 5.74) is 0.504. The molecule has 1 N–H and O–H groups in total. The standard InChI is InChI=1S/C15H16N4O2/c20-14-7-6-13(16-17-14)18-8-10-19(11-9-18)15(21)12-4-2-1-3-5-12/h1-7H,8-11H2,(H,17,20). The zero-order valence-corrected chi connectivity index (χ0v) is 11.5. The minimum Gasteiger partial charge on any atom is -0.352 e. The molecule has 6 heteroatoms. The van der Waals surface area contributed by atoms with Crippen molar-refractivity contribution in [3.05, 3.63) is 58.4 Å². The van der Waals surface area contributed by atoms with Crippen molar-refractivity contribution < 1.29 is 4.79 Å². The molecule has 1 aliphatic heterocycles. The second kappa shape index (κ2) is 5.78. The molecule has 1 aromatic heterocycles. The van der Waals surface area contributed by atoms with Crippen molar-refractivity contribution in [3.63, 3.8) is 0 Å². The maximum Gasteiger partial charge on any atom is 0.264 e. The van der Waals surface area contributed by atoms with Gasteiger partial charge in [-0.15, -0.1) is 0 Å². The highest BCUT2D eigenvalue weighted by Crippen LogP contribution is 2.13. The van der Waals surface area contributed by atoms with Crippen molar-refractivity contribution >= 4 is 11.7 Å². The molecule has 2 heterocycles. The maximum atomic E-state index is 12.3. The molecule has 0 bridgehead atoms. The molecule has 0 atom stereocenters. The molecule has 3 rings (SSSR count). The van der Waals surface area contributed by atoms with Gasteiger partial charge in [0.05, 0.1) is 0 Å². The molecular weight excluding hydrogens is 268 g/mol. The van der Waals surface area contributed by atoms with Gasteiger partial charge in [-0.05, 0) is 18.2 Å². The number of carbonyl (C=O) groups excluding carboxylic acids is 1. The zero-order chi connectivity index (χ0) is 14.7. The van der Waals surface area contributed by atoms with Crippen LogP contribution in [0.15, 0.2) is 47.3 Å². The predicted molar refractivity (Wildman–Crippen MR) is 79.4 cm³/mol. The van der Waals surface area contributed by atoms with E-state index < -0.39 is 0 Å². The molecule has 1 aromatic carbocycles. The second-order valence-corrected chi connectivity index (χ2v) is 4.92. The van der Waals surface area contributed by atoms with Gasteiger partial charge in [0.15, 0.2) is 0 Å². The van der Waals surface area contributed by atoms with Crippen LogP contribution >= 0.6 is 0 Å². The minimum absolute atomic E-state index is 0.0599. The summed E-state index contributed by atoms with van der Waals surface area (Å²) in [6.45, 7) is 2.71. The fraction of sp³-hybridized carbons (Fsp3) is 0.267. The molecule has 21 heavy (non-hydrogen) atoms. The minimum atomic E-state index is -0.211. The second-order valence-electron chi connectivity index (χ2n) is 4.92. The van der Waals surface area contributed by atoms with E-state index >= 15 is 0 Å². The largest absolute Gasteiger partial charge is 0.352 e. The Morgan fingerprint density at radius 1 is 1.00 bits per heavy atom. The van der Waals surface area contributed by atoms with E-state index in [1.165, 1.54) is 6.07 Å². The van der Waals surface area contributed by atoms with E-state index in [1.807, 2.05) is 35.2 Å². The first-order chi connectivity index (χ1) is 10.2. The summed E-state index contributed by atoms with van der Waals surface area (Å²) < 4.78 is 0. The van der Waals surface area contributed by atoms with Crippen LogP contribution in [0.4, 0.5) is 5.82 Å². The Morgan fingerprint density at radius 3 is 2.33 bits per heavy atom. The molecule has 1 amide bonds. The van der Waals surface area contributed by atoms with Crippen molar-refractivity contribution in [3.8, 4) is 0 Å². The molecular formula is C15H16N4O2. The first-order valence-electron chi connectivity index (χ1n) is 6.89. The Hall–Kier alpha value is -2.63. The average molecular weight is 284 g/mol. The number of anilines is 1. The molecule has 1 aliphatic rings. The number of hydrogen-bond donors (Lipinski definition) is 1. The van der Waals surface area contributed by atoms with E-state index in [-0.39, 0.29) is 11.5 Å². The van der Waals surface area contributed by atoms with Gasteiger partial charge >= 0.3 is 0 Å². The fourth-order valence-corrected chi connectivity index (χ4v) is 2.42. The van der Waals surface area contributed by atoms with Crippen LogP contribution in [0.25, 0.3) is 0 Å². The molecule has 0 unspecified atom stereocenters. The quantitative estimate of drug-likeness (QED) is 0.883. The Bertz CT molecular complexity index is 655. The van der Waals surface area contributed by atoms with Gasteiger partial charge < -0.3 is 9.80 Å². The van der Waals surface area contributed by atoms with Gasteiger partial charge in [-0.25, -0.2) is 5.10 Å². The van der Waals surface area contributed by atoms with E-state index in [0.29, 0.717) is 31.7 Å². The number of amides is 1. The number of H-pyrrole nitrogens is 1. The first-order valence-corrected chi connectivity index (χ1v) is 6.89. The number of nitrogens with zero attached hydrogens (tertiary/aromatic N) is 3. The van der Waals surface area contributed by atoms with Crippen molar-refractivity contribution in [2.45, 2.75) is 0 Å². The SMILES string of the molecule is O=C(c1ccccc1)N1CCN(c2ccc(=O)[nH]n2)CC1. The van der Waals surface area contributed by atoms with Gasteiger partial charge in [0.25, 0.3) is 11.5 Å². The third-order valence-electron chi connectivity index (χ3n) is 3.58. The van der Waals surface area contributed by atoms with Crippen LogP contribution in [-0.2, 0) is 0 Å². The van der Waals surface area contributed by atoms with Gasteiger partial charge in [0.1, 0.15) is 5.82 Å². The highest BCUT2D eigenvalue weighted by molar-refractivity contribution is 5.94. The molecule has 0 saturated carbocycles. The fourth-order valence-electron chi connectivity index (χ4n) is 2.42. The smallest absolute Gasteiger partial charge is 0.264 e. The van der Waals surface area contributed by atoms with Crippen LogP contribution in [-0.4, -0.2) is 47.2 Å². The van der Waals surface area contributed by atoms with Crippen LogP contribution in [0.5, 0.6) is 0 Å². The topological polar surface area (TPSA) is 69.3 Å². The predicted octanol–water partition coefficient (Wildman–Crippen LogP) is 0.732. The van der Waals surface area contributed by atoms with Crippen molar-refractivity contribution in [2.24, 2.45) is 0 Å². The lowest BCUT2D eigenvalue weighted by atomic mass is 10.2. The maximum absolute atomic E-state index is 12.3. The Balaban J connectivity index is 1.64. The third-order valence-corrected chi connectivity index (χ3v) is 3.58. The number of rotatable bonds is 2.